The molecule has 3 nitrogen and oxygen atoms in total. The van der Waals surface area contributed by atoms with Crippen molar-refractivity contribution in [3.05, 3.63) is 30.3 Å². The van der Waals surface area contributed by atoms with Crippen molar-refractivity contribution >= 4 is 27.8 Å². The number of nitrogens with one attached hydrogen (secondary N) is 1. The Morgan fingerprint density at radius 2 is 1.40 bits per heavy atom. The van der Waals surface area contributed by atoms with E-state index in [9.17, 15) is 4.57 Å². The van der Waals surface area contributed by atoms with Crippen LogP contribution in [0.2, 0.25) is 0 Å². The van der Waals surface area contributed by atoms with E-state index in [1.165, 1.54) is 81.7 Å². The zero-order valence-corrected chi connectivity index (χ0v) is 17.8. The van der Waals surface area contributed by atoms with Gasteiger partial charge in [-0.25, -0.2) is 0 Å². The Kier molecular flexibility index (Phi) is 10.0. The Hall–Kier alpha value is 0.0700. The SMILES string of the molecule is C1CCC(NC2CCCCC2)CC1.CP(=O)(O)SSc1ccccc1. The predicted molar refractivity (Wildman–Crippen MR) is 113 cm³/mol. The van der Waals surface area contributed by atoms with Gasteiger partial charge in [0.2, 0.25) is 0 Å². The minimum absolute atomic E-state index is 0.872. The first-order chi connectivity index (χ1) is 12.0. The summed E-state index contributed by atoms with van der Waals surface area (Å²) in [6, 6.07) is 11.3. The third-order valence-corrected chi connectivity index (χ3v) is 10.3. The molecule has 2 aliphatic carbocycles. The van der Waals surface area contributed by atoms with E-state index >= 15 is 0 Å². The molecule has 0 aliphatic heterocycles. The van der Waals surface area contributed by atoms with Crippen LogP contribution in [0.4, 0.5) is 0 Å². The summed E-state index contributed by atoms with van der Waals surface area (Å²) in [5.41, 5.74) is 0. The highest BCUT2D eigenvalue weighted by Crippen LogP contribution is 2.59. The highest BCUT2D eigenvalue weighted by molar-refractivity contribution is 8.99. The van der Waals surface area contributed by atoms with Crippen LogP contribution in [0.1, 0.15) is 64.2 Å². The van der Waals surface area contributed by atoms with E-state index in [1.54, 1.807) is 0 Å². The van der Waals surface area contributed by atoms with E-state index in [-0.39, 0.29) is 0 Å². The van der Waals surface area contributed by atoms with Crippen molar-refractivity contribution in [2.75, 3.05) is 6.66 Å². The molecule has 0 aromatic heterocycles. The predicted octanol–water partition coefficient (Wildman–Crippen LogP) is 6.48. The van der Waals surface area contributed by atoms with Gasteiger partial charge in [0, 0.05) is 34.1 Å². The zero-order chi connectivity index (χ0) is 18.0. The fourth-order valence-electron chi connectivity index (χ4n) is 3.46. The van der Waals surface area contributed by atoms with Gasteiger partial charge in [-0.05, 0) is 48.6 Å². The number of benzene rings is 1. The molecule has 1 atom stereocenters. The minimum Gasteiger partial charge on any atom is -0.337 e. The van der Waals surface area contributed by atoms with E-state index in [2.05, 4.69) is 5.32 Å². The summed E-state index contributed by atoms with van der Waals surface area (Å²) in [4.78, 5) is 9.98. The van der Waals surface area contributed by atoms with Gasteiger partial charge in [0.1, 0.15) is 0 Å². The lowest BCUT2D eigenvalue weighted by molar-refractivity contribution is 0.291. The van der Waals surface area contributed by atoms with Gasteiger partial charge >= 0.3 is 0 Å². The lowest BCUT2D eigenvalue weighted by atomic mass is 9.91. The highest BCUT2D eigenvalue weighted by atomic mass is 33.3. The summed E-state index contributed by atoms with van der Waals surface area (Å²) in [7, 11) is 2.35. The molecule has 0 amide bonds. The van der Waals surface area contributed by atoms with E-state index < -0.39 is 6.57 Å². The second-order valence-electron chi connectivity index (χ2n) is 7.11. The lowest BCUT2D eigenvalue weighted by Gasteiger charge is -2.30. The molecule has 0 saturated heterocycles. The van der Waals surface area contributed by atoms with Crippen molar-refractivity contribution in [3.63, 3.8) is 0 Å². The van der Waals surface area contributed by atoms with Gasteiger partial charge in [-0.2, -0.15) is 0 Å². The third-order valence-electron chi connectivity index (χ3n) is 4.70. The first kappa shape index (κ1) is 21.4. The molecular formula is C19H32NO2PS2. The molecule has 0 spiro atoms. The van der Waals surface area contributed by atoms with E-state index in [0.717, 1.165) is 27.4 Å². The fraction of sp³-hybridized carbons (Fsp3) is 0.684. The van der Waals surface area contributed by atoms with Crippen molar-refractivity contribution in [2.24, 2.45) is 0 Å². The first-order valence-electron chi connectivity index (χ1n) is 9.50. The standard InChI is InChI=1S/C12H23N.C7H9O2PS2/c1-3-7-11(8-4-1)13-12-9-5-2-6-10-12;1-10(8,9)12-11-7-5-3-2-4-6-7/h11-13H,1-10H2;2-6H,1H3,(H,8,9). The fourth-order valence-corrected chi connectivity index (χ4v) is 6.98. The van der Waals surface area contributed by atoms with Crippen LogP contribution < -0.4 is 5.32 Å². The maximum atomic E-state index is 10.9. The maximum Gasteiger partial charge on any atom is 0.262 e. The molecular weight excluding hydrogens is 369 g/mol. The summed E-state index contributed by atoms with van der Waals surface area (Å²) < 4.78 is 10.9. The quantitative estimate of drug-likeness (QED) is 0.436. The van der Waals surface area contributed by atoms with Crippen LogP contribution in [-0.2, 0) is 4.57 Å². The Balaban J connectivity index is 0.000000181. The monoisotopic (exact) mass is 401 g/mol. The van der Waals surface area contributed by atoms with Gasteiger partial charge in [0.25, 0.3) is 6.57 Å². The molecule has 2 fully saturated rings. The van der Waals surface area contributed by atoms with Crippen molar-refractivity contribution in [1.82, 2.24) is 5.32 Å². The van der Waals surface area contributed by atoms with Crippen LogP contribution in [0.3, 0.4) is 0 Å². The van der Waals surface area contributed by atoms with Crippen LogP contribution in [-0.4, -0.2) is 23.6 Å². The summed E-state index contributed by atoms with van der Waals surface area (Å²) >= 11 is 0. The van der Waals surface area contributed by atoms with Gasteiger partial charge < -0.3 is 10.2 Å². The van der Waals surface area contributed by atoms with Crippen molar-refractivity contribution in [3.8, 4) is 0 Å². The largest absolute Gasteiger partial charge is 0.337 e. The molecule has 2 N–H and O–H groups in total. The third kappa shape index (κ3) is 10.1. The van der Waals surface area contributed by atoms with Gasteiger partial charge in [-0.3, -0.25) is 4.57 Å². The van der Waals surface area contributed by atoms with E-state index in [4.69, 9.17) is 4.89 Å². The van der Waals surface area contributed by atoms with Crippen LogP contribution >= 0.6 is 27.8 Å². The Labute approximate surface area is 160 Å². The topological polar surface area (TPSA) is 49.3 Å². The maximum absolute atomic E-state index is 10.9. The molecule has 0 bridgehead atoms. The van der Waals surface area contributed by atoms with Crippen LogP contribution in [0.5, 0.6) is 0 Å². The Morgan fingerprint density at radius 3 is 1.84 bits per heavy atom. The van der Waals surface area contributed by atoms with Gasteiger partial charge in [0.05, 0.1) is 0 Å². The van der Waals surface area contributed by atoms with Gasteiger partial charge in [-0.1, -0.05) is 56.7 Å². The van der Waals surface area contributed by atoms with E-state index in [1.807, 2.05) is 30.3 Å². The molecule has 142 valence electrons. The molecule has 2 saturated carbocycles. The molecule has 25 heavy (non-hydrogen) atoms. The summed E-state index contributed by atoms with van der Waals surface area (Å²) in [6.07, 6.45) is 14.6. The average molecular weight is 402 g/mol. The number of hydrogen-bond donors (Lipinski definition) is 2. The molecule has 2 aliphatic rings. The Morgan fingerprint density at radius 1 is 0.920 bits per heavy atom. The molecule has 1 aromatic rings. The van der Waals surface area contributed by atoms with Gasteiger partial charge in [-0.15, -0.1) is 0 Å². The van der Waals surface area contributed by atoms with E-state index in [0.29, 0.717) is 0 Å². The molecule has 6 heteroatoms. The number of rotatable bonds is 5. The second-order valence-corrected chi connectivity index (χ2v) is 13.8. The molecule has 1 aromatic carbocycles. The highest BCUT2D eigenvalue weighted by Gasteiger charge is 2.19. The first-order valence-corrected chi connectivity index (χ1v) is 14.4. The lowest BCUT2D eigenvalue weighted by Crippen LogP contribution is -2.40. The summed E-state index contributed by atoms with van der Waals surface area (Å²) in [6.45, 7) is -1.61. The normalized spacial score (nSPS) is 21.8. The Bertz CT molecular complexity index is 495. The van der Waals surface area contributed by atoms with Crippen LogP contribution in [0.25, 0.3) is 0 Å². The molecule has 3 rings (SSSR count). The van der Waals surface area contributed by atoms with Crippen molar-refractivity contribution < 1.29 is 9.46 Å². The second kappa shape index (κ2) is 11.7. The van der Waals surface area contributed by atoms with Crippen molar-refractivity contribution in [2.45, 2.75) is 81.2 Å². The van der Waals surface area contributed by atoms with Crippen molar-refractivity contribution in [1.29, 1.82) is 0 Å². The molecule has 0 heterocycles. The smallest absolute Gasteiger partial charge is 0.262 e. The molecule has 1 unspecified atom stereocenters. The van der Waals surface area contributed by atoms with Crippen LogP contribution in [0, 0.1) is 0 Å². The van der Waals surface area contributed by atoms with Crippen LogP contribution in [0.15, 0.2) is 35.2 Å². The summed E-state index contributed by atoms with van der Waals surface area (Å²) in [5, 5.41) is 3.86. The molecule has 0 radical (unpaired) electrons. The summed E-state index contributed by atoms with van der Waals surface area (Å²) in [5.74, 6) is 0. The zero-order valence-electron chi connectivity index (χ0n) is 15.2. The number of hydrogen-bond acceptors (Lipinski definition) is 4. The van der Waals surface area contributed by atoms with Gasteiger partial charge in [0.15, 0.2) is 0 Å². The minimum atomic E-state index is -2.95. The average Bonchev–Trinajstić information content (AvgIpc) is 2.63.